The molecule has 22 heavy (non-hydrogen) atoms. The second-order valence-corrected chi connectivity index (χ2v) is 6.04. The van der Waals surface area contributed by atoms with Crippen molar-refractivity contribution >= 4 is 11.8 Å². The molecule has 0 spiro atoms. The Balaban J connectivity index is 2.86. The average Bonchev–Trinajstić information content (AvgIpc) is 2.52. The van der Waals surface area contributed by atoms with Gasteiger partial charge in [-0.3, -0.25) is 9.59 Å². The topological polar surface area (TPSA) is 49.4 Å². The molecule has 0 bridgehead atoms. The van der Waals surface area contributed by atoms with E-state index < -0.39 is 0 Å². The van der Waals surface area contributed by atoms with Gasteiger partial charge in [0.25, 0.3) is 5.91 Å². The van der Waals surface area contributed by atoms with Gasteiger partial charge in [-0.25, -0.2) is 0 Å². The summed E-state index contributed by atoms with van der Waals surface area (Å²) in [6.45, 7) is 9.24. The fourth-order valence-electron chi connectivity index (χ4n) is 2.40. The first-order valence-electron chi connectivity index (χ1n) is 8.01. The van der Waals surface area contributed by atoms with Crippen molar-refractivity contribution in [1.82, 2.24) is 10.2 Å². The van der Waals surface area contributed by atoms with Gasteiger partial charge >= 0.3 is 0 Å². The predicted octanol–water partition coefficient (Wildman–Crippen LogP) is 3.04. The van der Waals surface area contributed by atoms with Gasteiger partial charge in [-0.05, 0) is 30.0 Å². The third kappa shape index (κ3) is 4.86. The van der Waals surface area contributed by atoms with Gasteiger partial charge < -0.3 is 10.2 Å². The summed E-state index contributed by atoms with van der Waals surface area (Å²) in [4.78, 5) is 26.1. The van der Waals surface area contributed by atoms with Gasteiger partial charge in [0.2, 0.25) is 5.91 Å². The first-order chi connectivity index (χ1) is 10.4. The highest BCUT2D eigenvalue weighted by atomic mass is 16.2. The standard InChI is InChI=1S/C18H28N2O2/c1-6-11-20(12-14(4)17(21)19-5)18(22)16-9-7-15(8-10-16)13(2)3/h7-10,13-14H,6,11-12H2,1-5H3,(H,19,21). The van der Waals surface area contributed by atoms with Gasteiger partial charge in [-0.15, -0.1) is 0 Å². The van der Waals surface area contributed by atoms with Crippen LogP contribution in [0.1, 0.15) is 56.0 Å². The van der Waals surface area contributed by atoms with Crippen molar-refractivity contribution in [2.75, 3.05) is 20.1 Å². The van der Waals surface area contributed by atoms with Crippen LogP contribution >= 0.6 is 0 Å². The zero-order chi connectivity index (χ0) is 16.7. The van der Waals surface area contributed by atoms with Crippen LogP contribution in [0.25, 0.3) is 0 Å². The van der Waals surface area contributed by atoms with Gasteiger partial charge in [0.1, 0.15) is 0 Å². The van der Waals surface area contributed by atoms with E-state index >= 15 is 0 Å². The third-order valence-electron chi connectivity index (χ3n) is 3.79. The van der Waals surface area contributed by atoms with Crippen LogP contribution in [0.2, 0.25) is 0 Å². The minimum atomic E-state index is -0.213. The fourth-order valence-corrected chi connectivity index (χ4v) is 2.40. The van der Waals surface area contributed by atoms with Gasteiger partial charge in [-0.1, -0.05) is 39.8 Å². The molecule has 2 amide bonds. The van der Waals surface area contributed by atoms with Gasteiger partial charge in [0, 0.05) is 25.7 Å². The Labute approximate surface area is 133 Å². The lowest BCUT2D eigenvalue weighted by Gasteiger charge is -2.25. The molecule has 0 fully saturated rings. The van der Waals surface area contributed by atoms with Crippen molar-refractivity contribution in [3.63, 3.8) is 0 Å². The van der Waals surface area contributed by atoms with E-state index in [0.29, 0.717) is 24.6 Å². The molecule has 0 aliphatic carbocycles. The Bertz CT molecular complexity index is 494. The molecule has 0 radical (unpaired) electrons. The molecular formula is C18H28N2O2. The maximum Gasteiger partial charge on any atom is 0.253 e. The number of hydrogen-bond donors (Lipinski definition) is 1. The molecule has 1 N–H and O–H groups in total. The van der Waals surface area contributed by atoms with Gasteiger partial charge in [0.05, 0.1) is 5.92 Å². The fraction of sp³-hybridized carbons (Fsp3) is 0.556. The third-order valence-corrected chi connectivity index (χ3v) is 3.79. The predicted molar refractivity (Wildman–Crippen MR) is 90.0 cm³/mol. The smallest absolute Gasteiger partial charge is 0.253 e. The van der Waals surface area contributed by atoms with Crippen LogP contribution in [-0.4, -0.2) is 36.9 Å². The molecule has 1 atom stereocenters. The SMILES string of the molecule is CCCN(CC(C)C(=O)NC)C(=O)c1ccc(C(C)C)cc1. The molecule has 1 rings (SSSR count). The number of nitrogens with zero attached hydrogens (tertiary/aromatic N) is 1. The molecule has 0 aromatic heterocycles. The van der Waals surface area contributed by atoms with E-state index in [9.17, 15) is 9.59 Å². The summed E-state index contributed by atoms with van der Waals surface area (Å²) in [5.41, 5.74) is 1.90. The Kier molecular flexibility index (Phi) is 7.09. The summed E-state index contributed by atoms with van der Waals surface area (Å²) in [5, 5.41) is 2.63. The summed E-state index contributed by atoms with van der Waals surface area (Å²) >= 11 is 0. The zero-order valence-corrected chi connectivity index (χ0v) is 14.3. The van der Waals surface area contributed by atoms with Crippen molar-refractivity contribution < 1.29 is 9.59 Å². The summed E-state index contributed by atoms with van der Waals surface area (Å²) < 4.78 is 0. The molecule has 1 aromatic carbocycles. The van der Waals surface area contributed by atoms with E-state index in [-0.39, 0.29) is 17.7 Å². The molecule has 122 valence electrons. The molecular weight excluding hydrogens is 276 g/mol. The maximum absolute atomic E-state index is 12.7. The van der Waals surface area contributed by atoms with Crippen molar-refractivity contribution in [3.05, 3.63) is 35.4 Å². The van der Waals surface area contributed by atoms with E-state index in [1.54, 1.807) is 11.9 Å². The van der Waals surface area contributed by atoms with Crippen molar-refractivity contribution in [1.29, 1.82) is 0 Å². The highest BCUT2D eigenvalue weighted by molar-refractivity contribution is 5.94. The van der Waals surface area contributed by atoms with Gasteiger partial charge in [-0.2, -0.15) is 0 Å². The number of amides is 2. The summed E-state index contributed by atoms with van der Waals surface area (Å²) in [7, 11) is 1.62. The molecule has 1 aromatic rings. The molecule has 0 aliphatic rings. The van der Waals surface area contributed by atoms with Crippen LogP contribution < -0.4 is 5.32 Å². The Morgan fingerprint density at radius 3 is 2.18 bits per heavy atom. The van der Waals surface area contributed by atoms with Crippen LogP contribution in [0.4, 0.5) is 0 Å². The molecule has 0 saturated heterocycles. The highest BCUT2D eigenvalue weighted by Crippen LogP contribution is 2.16. The number of nitrogens with one attached hydrogen (secondary N) is 1. The number of carbonyl (C=O) groups excluding carboxylic acids is 2. The Hall–Kier alpha value is -1.84. The van der Waals surface area contributed by atoms with Crippen LogP contribution in [0.5, 0.6) is 0 Å². The van der Waals surface area contributed by atoms with Crippen LogP contribution in [0.3, 0.4) is 0 Å². The van der Waals surface area contributed by atoms with E-state index in [2.05, 4.69) is 19.2 Å². The maximum atomic E-state index is 12.7. The average molecular weight is 304 g/mol. The quantitative estimate of drug-likeness (QED) is 0.841. The monoisotopic (exact) mass is 304 g/mol. The number of rotatable bonds is 7. The Morgan fingerprint density at radius 1 is 1.14 bits per heavy atom. The van der Waals surface area contributed by atoms with Crippen LogP contribution in [0, 0.1) is 5.92 Å². The lowest BCUT2D eigenvalue weighted by atomic mass is 10.0. The Morgan fingerprint density at radius 2 is 1.73 bits per heavy atom. The molecule has 1 unspecified atom stereocenters. The first-order valence-corrected chi connectivity index (χ1v) is 8.01. The van der Waals surface area contributed by atoms with E-state index in [0.717, 1.165) is 6.42 Å². The summed E-state index contributed by atoms with van der Waals surface area (Å²) in [5.74, 6) is 0.191. The second kappa shape index (κ2) is 8.57. The normalized spacial score (nSPS) is 12.1. The molecule has 0 aliphatic heterocycles. The first kappa shape index (κ1) is 18.2. The molecule has 0 saturated carbocycles. The number of carbonyl (C=O) groups is 2. The second-order valence-electron chi connectivity index (χ2n) is 6.04. The minimum absolute atomic E-state index is 0.00657. The molecule has 4 heteroatoms. The van der Waals surface area contributed by atoms with Crippen molar-refractivity contribution in [3.8, 4) is 0 Å². The van der Waals surface area contributed by atoms with Crippen LogP contribution in [-0.2, 0) is 4.79 Å². The van der Waals surface area contributed by atoms with Gasteiger partial charge in [0.15, 0.2) is 0 Å². The number of benzene rings is 1. The zero-order valence-electron chi connectivity index (χ0n) is 14.3. The number of hydrogen-bond acceptors (Lipinski definition) is 2. The van der Waals surface area contributed by atoms with E-state index in [1.165, 1.54) is 5.56 Å². The lowest BCUT2D eigenvalue weighted by Crippen LogP contribution is -2.40. The molecule has 0 heterocycles. The van der Waals surface area contributed by atoms with E-state index in [4.69, 9.17) is 0 Å². The molecule has 4 nitrogen and oxygen atoms in total. The minimum Gasteiger partial charge on any atom is -0.359 e. The van der Waals surface area contributed by atoms with Crippen LogP contribution in [0.15, 0.2) is 24.3 Å². The lowest BCUT2D eigenvalue weighted by molar-refractivity contribution is -0.124. The summed E-state index contributed by atoms with van der Waals surface area (Å²) in [6.07, 6.45) is 0.871. The largest absolute Gasteiger partial charge is 0.359 e. The highest BCUT2D eigenvalue weighted by Gasteiger charge is 2.21. The van der Waals surface area contributed by atoms with E-state index in [1.807, 2.05) is 38.1 Å². The van der Waals surface area contributed by atoms with Crippen molar-refractivity contribution in [2.45, 2.75) is 40.0 Å². The summed E-state index contributed by atoms with van der Waals surface area (Å²) in [6, 6.07) is 7.77. The van der Waals surface area contributed by atoms with Crippen molar-refractivity contribution in [2.24, 2.45) is 5.92 Å².